The zero-order valence-electron chi connectivity index (χ0n) is 12.0. The minimum Gasteiger partial charge on any atom is -0.357 e. The van der Waals surface area contributed by atoms with Crippen LogP contribution in [0.1, 0.15) is 23.5 Å². The lowest BCUT2D eigenvalue weighted by Crippen LogP contribution is -2.38. The second-order valence-electron chi connectivity index (χ2n) is 4.34. The third kappa shape index (κ3) is 4.06. The van der Waals surface area contributed by atoms with Gasteiger partial charge in [-0.2, -0.15) is 4.98 Å². The first-order valence-corrected chi connectivity index (χ1v) is 7.38. The molecule has 0 atom stereocenters. The Morgan fingerprint density at radius 1 is 1.55 bits per heavy atom. The zero-order valence-corrected chi connectivity index (χ0v) is 12.8. The Balaban J connectivity index is 2.01. The molecule has 0 radical (unpaired) electrons. The number of thiophene rings is 1. The van der Waals surface area contributed by atoms with E-state index in [1.807, 2.05) is 14.0 Å². The first-order valence-electron chi connectivity index (χ1n) is 6.50. The van der Waals surface area contributed by atoms with Gasteiger partial charge in [0, 0.05) is 18.5 Å². The minimum atomic E-state index is 0.387. The third-order valence-electron chi connectivity index (χ3n) is 2.60. The molecule has 6 nitrogen and oxygen atoms in total. The summed E-state index contributed by atoms with van der Waals surface area (Å²) in [5.41, 5.74) is 0. The number of rotatable bonds is 5. The summed E-state index contributed by atoms with van der Waals surface area (Å²) in [6.07, 6.45) is 0. The van der Waals surface area contributed by atoms with E-state index in [9.17, 15) is 0 Å². The monoisotopic (exact) mass is 293 g/mol. The molecular formula is C13H19N5OS. The maximum absolute atomic E-state index is 5.07. The van der Waals surface area contributed by atoms with Crippen molar-refractivity contribution in [1.29, 1.82) is 0 Å². The van der Waals surface area contributed by atoms with E-state index in [-0.39, 0.29) is 0 Å². The van der Waals surface area contributed by atoms with Gasteiger partial charge in [0.15, 0.2) is 11.8 Å². The summed E-state index contributed by atoms with van der Waals surface area (Å²) in [6, 6.07) is 4.17. The van der Waals surface area contributed by atoms with E-state index < -0.39 is 0 Å². The summed E-state index contributed by atoms with van der Waals surface area (Å²) in [5, 5.41) is 9.10. The summed E-state index contributed by atoms with van der Waals surface area (Å²) >= 11 is 1.74. The fourth-order valence-corrected chi connectivity index (χ4v) is 2.48. The van der Waals surface area contributed by atoms with Crippen LogP contribution in [0.15, 0.2) is 27.0 Å². The van der Waals surface area contributed by atoms with Crippen molar-refractivity contribution in [3.05, 3.63) is 34.1 Å². The summed E-state index contributed by atoms with van der Waals surface area (Å²) in [6.45, 7) is 5.87. The van der Waals surface area contributed by atoms with E-state index in [1.165, 1.54) is 4.88 Å². The van der Waals surface area contributed by atoms with E-state index in [0.29, 0.717) is 18.3 Å². The first kappa shape index (κ1) is 14.5. The Morgan fingerprint density at radius 3 is 3.00 bits per heavy atom. The Hall–Kier alpha value is -1.89. The molecule has 2 rings (SSSR count). The molecule has 0 aliphatic heterocycles. The number of hydrogen-bond acceptors (Lipinski definition) is 5. The van der Waals surface area contributed by atoms with Gasteiger partial charge in [-0.25, -0.2) is 4.99 Å². The van der Waals surface area contributed by atoms with Gasteiger partial charge in [-0.3, -0.25) is 0 Å². The highest BCUT2D eigenvalue weighted by Gasteiger charge is 2.08. The van der Waals surface area contributed by atoms with Gasteiger partial charge >= 0.3 is 0 Å². The van der Waals surface area contributed by atoms with Crippen molar-refractivity contribution < 1.29 is 4.52 Å². The highest BCUT2D eigenvalue weighted by Crippen LogP contribution is 2.11. The average Bonchev–Trinajstić information content (AvgIpc) is 3.06. The van der Waals surface area contributed by atoms with Crippen molar-refractivity contribution in [2.45, 2.75) is 26.9 Å². The molecule has 0 aliphatic rings. The molecule has 2 aromatic rings. The van der Waals surface area contributed by atoms with Gasteiger partial charge in [-0.15, -0.1) is 11.3 Å². The maximum atomic E-state index is 5.07. The maximum Gasteiger partial charge on any atom is 0.248 e. The predicted octanol–water partition coefficient (Wildman–Crippen LogP) is 2.04. The largest absolute Gasteiger partial charge is 0.357 e. The first-order chi connectivity index (χ1) is 9.69. The number of aliphatic imine (C=N–C) groups is 1. The molecule has 0 fully saturated rings. The molecule has 0 spiro atoms. The highest BCUT2D eigenvalue weighted by molar-refractivity contribution is 7.09. The SMILES string of the molecule is CCNC(=NCc1nc(C)no1)N(C)Cc1cccs1. The zero-order chi connectivity index (χ0) is 14.4. The average molecular weight is 293 g/mol. The summed E-state index contributed by atoms with van der Waals surface area (Å²) in [5.74, 6) is 1.99. The molecule has 108 valence electrons. The van der Waals surface area contributed by atoms with Crippen LogP contribution in [-0.2, 0) is 13.1 Å². The molecule has 0 saturated carbocycles. The minimum absolute atomic E-state index is 0.387. The van der Waals surface area contributed by atoms with E-state index in [1.54, 1.807) is 18.3 Å². The number of nitrogens with zero attached hydrogens (tertiary/aromatic N) is 4. The lowest BCUT2D eigenvalue weighted by Gasteiger charge is -2.21. The van der Waals surface area contributed by atoms with Crippen molar-refractivity contribution in [2.24, 2.45) is 4.99 Å². The lowest BCUT2D eigenvalue weighted by molar-refractivity contribution is 0.375. The van der Waals surface area contributed by atoms with Gasteiger partial charge in [-0.05, 0) is 25.3 Å². The molecule has 0 aliphatic carbocycles. The normalized spacial score (nSPS) is 11.7. The summed E-state index contributed by atoms with van der Waals surface area (Å²) in [7, 11) is 2.01. The molecular weight excluding hydrogens is 274 g/mol. The van der Waals surface area contributed by atoms with E-state index in [0.717, 1.165) is 19.0 Å². The molecule has 0 saturated heterocycles. The molecule has 0 aromatic carbocycles. The van der Waals surface area contributed by atoms with Crippen molar-refractivity contribution in [3.63, 3.8) is 0 Å². The quantitative estimate of drug-likeness (QED) is 0.675. The molecule has 0 amide bonds. The van der Waals surface area contributed by atoms with Gasteiger partial charge in [0.25, 0.3) is 0 Å². The smallest absolute Gasteiger partial charge is 0.248 e. The van der Waals surface area contributed by atoms with Crippen molar-refractivity contribution >= 4 is 17.3 Å². The van der Waals surface area contributed by atoms with Crippen LogP contribution < -0.4 is 5.32 Å². The van der Waals surface area contributed by atoms with E-state index in [4.69, 9.17) is 4.52 Å². The van der Waals surface area contributed by atoms with Crippen LogP contribution in [0.2, 0.25) is 0 Å². The second-order valence-corrected chi connectivity index (χ2v) is 5.37. The Kier molecular flexibility index (Phi) is 5.11. The van der Waals surface area contributed by atoms with Crippen LogP contribution in [0.25, 0.3) is 0 Å². The topological polar surface area (TPSA) is 66.5 Å². The van der Waals surface area contributed by atoms with Gasteiger partial charge in [0.05, 0.1) is 6.54 Å². The molecule has 20 heavy (non-hydrogen) atoms. The Morgan fingerprint density at radius 2 is 2.40 bits per heavy atom. The predicted molar refractivity (Wildman–Crippen MR) is 79.6 cm³/mol. The summed E-state index contributed by atoms with van der Waals surface area (Å²) < 4.78 is 5.07. The van der Waals surface area contributed by atoms with Crippen LogP contribution in [0, 0.1) is 6.92 Å². The number of guanidine groups is 1. The van der Waals surface area contributed by atoms with Gasteiger partial charge in [-0.1, -0.05) is 11.2 Å². The Labute approximate surface area is 122 Å². The molecule has 0 bridgehead atoms. The lowest BCUT2D eigenvalue weighted by atomic mass is 10.4. The number of aromatic nitrogens is 2. The Bertz CT molecular complexity index is 549. The molecule has 7 heteroatoms. The van der Waals surface area contributed by atoms with Crippen LogP contribution >= 0.6 is 11.3 Å². The summed E-state index contributed by atoms with van der Waals surface area (Å²) in [4.78, 5) is 12.0. The van der Waals surface area contributed by atoms with Crippen molar-refractivity contribution in [3.8, 4) is 0 Å². The van der Waals surface area contributed by atoms with Gasteiger partial charge < -0.3 is 14.7 Å². The molecule has 2 aromatic heterocycles. The van der Waals surface area contributed by atoms with Crippen LogP contribution in [0.3, 0.4) is 0 Å². The molecule has 1 N–H and O–H groups in total. The fourth-order valence-electron chi connectivity index (χ4n) is 1.73. The number of nitrogens with one attached hydrogen (secondary N) is 1. The molecule has 2 heterocycles. The van der Waals surface area contributed by atoms with E-state index in [2.05, 4.69) is 42.9 Å². The number of hydrogen-bond donors (Lipinski definition) is 1. The van der Waals surface area contributed by atoms with Crippen LogP contribution in [-0.4, -0.2) is 34.6 Å². The standard InChI is InChI=1S/C13H19N5OS/c1-4-14-13(15-8-12-16-10(2)17-19-12)18(3)9-11-6-5-7-20-11/h5-7H,4,8-9H2,1-3H3,(H,14,15). The second kappa shape index (κ2) is 7.04. The molecule has 0 unspecified atom stereocenters. The highest BCUT2D eigenvalue weighted by atomic mass is 32.1. The third-order valence-corrected chi connectivity index (χ3v) is 3.46. The van der Waals surface area contributed by atoms with Crippen molar-refractivity contribution in [1.82, 2.24) is 20.4 Å². The van der Waals surface area contributed by atoms with Crippen LogP contribution in [0.5, 0.6) is 0 Å². The number of aryl methyl sites for hydroxylation is 1. The van der Waals surface area contributed by atoms with Gasteiger partial charge in [0.2, 0.25) is 5.89 Å². The van der Waals surface area contributed by atoms with Gasteiger partial charge in [0.1, 0.15) is 6.54 Å². The fraction of sp³-hybridized carbons (Fsp3) is 0.462. The van der Waals surface area contributed by atoms with Crippen molar-refractivity contribution in [2.75, 3.05) is 13.6 Å². The van der Waals surface area contributed by atoms with E-state index >= 15 is 0 Å². The van der Waals surface area contributed by atoms with Crippen LogP contribution in [0.4, 0.5) is 0 Å².